The molecule has 0 bridgehead atoms. The van der Waals surface area contributed by atoms with E-state index in [-0.39, 0.29) is 46.2 Å². The molecule has 1 aliphatic rings. The lowest BCUT2D eigenvalue weighted by Gasteiger charge is -2.04. The summed E-state index contributed by atoms with van der Waals surface area (Å²) in [5.74, 6) is 0. The molecular formula is C39H92O7. The summed E-state index contributed by atoms with van der Waals surface area (Å²) in [4.78, 5) is 0. The van der Waals surface area contributed by atoms with E-state index in [1.54, 1.807) is 48.5 Å². The molecule has 0 amide bonds. The topological polar surface area (TPSA) is 142 Å². The number of aliphatic hydroxyl groups excluding tert-OH is 7. The summed E-state index contributed by atoms with van der Waals surface area (Å²) in [7, 11) is 0. The van der Waals surface area contributed by atoms with Crippen LogP contribution in [0.5, 0.6) is 0 Å². The fourth-order valence-electron chi connectivity index (χ4n) is 4.42. The highest BCUT2D eigenvalue weighted by Crippen LogP contribution is 2.17. The van der Waals surface area contributed by atoms with Gasteiger partial charge in [-0.05, 0) is 48.5 Å². The van der Waals surface area contributed by atoms with E-state index in [1.807, 2.05) is 0 Å². The lowest BCUT2D eigenvalue weighted by Crippen LogP contribution is -1.84. The maximum Gasteiger partial charge on any atom is 0.0402 e. The van der Waals surface area contributed by atoms with Crippen molar-refractivity contribution in [3.63, 3.8) is 0 Å². The Morgan fingerprint density at radius 2 is 0.196 bits per heavy atom. The Balaban J connectivity index is -0.000000118. The summed E-state index contributed by atoms with van der Waals surface area (Å²) in [6, 6.07) is 0. The minimum atomic E-state index is 0.250. The van der Waals surface area contributed by atoms with Crippen LogP contribution < -0.4 is 0 Å². The summed E-state index contributed by atoms with van der Waals surface area (Å²) in [5, 5.41) is 53.0. The normalized spacial score (nSPS) is 15.8. The maximum atomic E-state index is 7.57. The van der Waals surface area contributed by atoms with Gasteiger partial charge in [0.25, 0.3) is 0 Å². The van der Waals surface area contributed by atoms with Gasteiger partial charge in [0.15, 0.2) is 0 Å². The molecule has 1 fully saturated rings. The van der Waals surface area contributed by atoms with Crippen LogP contribution in [0, 0.1) is 0 Å². The van der Waals surface area contributed by atoms with Gasteiger partial charge in [-0.3, -0.25) is 0 Å². The molecule has 0 atom stereocenters. The molecule has 0 spiro atoms. The van der Waals surface area contributed by atoms with Crippen molar-refractivity contribution in [2.45, 2.75) is 209 Å². The van der Waals surface area contributed by atoms with E-state index in [1.165, 1.54) is 161 Å². The Hall–Kier alpha value is -0.280. The first-order valence-electron chi connectivity index (χ1n) is 19.7. The van der Waals surface area contributed by atoms with E-state index in [0.29, 0.717) is 0 Å². The first kappa shape index (κ1) is 61.0. The van der Waals surface area contributed by atoms with Crippen LogP contribution in [0.2, 0.25) is 0 Å². The van der Waals surface area contributed by atoms with Gasteiger partial charge in [-0.25, -0.2) is 0 Å². The smallest absolute Gasteiger partial charge is 0.0402 e. The molecule has 46 heavy (non-hydrogen) atoms. The first-order chi connectivity index (χ1) is 22.4. The van der Waals surface area contributed by atoms with E-state index in [2.05, 4.69) is 0 Å². The van der Waals surface area contributed by atoms with Gasteiger partial charge < -0.3 is 35.7 Å². The molecule has 7 heteroatoms. The molecule has 0 aromatic rings. The van der Waals surface area contributed by atoms with Gasteiger partial charge in [-0.15, -0.1) is 0 Å². The van der Waals surface area contributed by atoms with Crippen LogP contribution in [0.15, 0.2) is 0 Å². The molecule has 1 saturated carbocycles. The van der Waals surface area contributed by atoms with Crippen LogP contribution in [0.25, 0.3) is 0 Å². The van der Waals surface area contributed by atoms with Crippen molar-refractivity contribution in [1.29, 1.82) is 0 Å². The first-order valence-corrected chi connectivity index (χ1v) is 19.7. The number of hydrogen-bond donors (Lipinski definition) is 7. The van der Waals surface area contributed by atoms with Gasteiger partial charge in [0.2, 0.25) is 0 Å². The van der Waals surface area contributed by atoms with Crippen LogP contribution in [0.3, 0.4) is 0 Å². The van der Waals surface area contributed by atoms with Crippen molar-refractivity contribution in [1.82, 2.24) is 0 Å². The largest absolute Gasteiger partial charge is 0.397 e. The predicted molar refractivity (Wildman–Crippen MR) is 205 cm³/mol. The second-order valence-corrected chi connectivity index (χ2v) is 11.1. The minimum absolute atomic E-state index is 0.250. The van der Waals surface area contributed by atoms with Crippen LogP contribution in [0.1, 0.15) is 209 Å². The molecule has 0 radical (unpaired) electrons. The molecule has 0 saturated heterocycles. The summed E-state index contributed by atoms with van der Waals surface area (Å²) >= 11 is 0. The molecule has 0 aromatic heterocycles. The zero-order valence-corrected chi connectivity index (χ0v) is 32.8. The quantitative estimate of drug-likeness (QED) is 0.136. The fraction of sp³-hybridized carbons (Fsp3) is 1.00. The summed E-state index contributed by atoms with van der Waals surface area (Å²) < 4.78 is 0. The van der Waals surface area contributed by atoms with Gasteiger partial charge in [-0.2, -0.15) is 0 Å². The average Bonchev–Trinajstić information content (AvgIpc) is 3.01. The zero-order chi connectivity index (χ0) is 36.6. The van der Waals surface area contributed by atoms with E-state index in [0.717, 1.165) is 0 Å². The van der Waals surface area contributed by atoms with Crippen molar-refractivity contribution < 1.29 is 35.7 Å². The Bertz CT molecular complexity index is 213. The number of hydrogen-bond acceptors (Lipinski definition) is 7. The Morgan fingerprint density at radius 1 is 0.174 bits per heavy atom. The van der Waals surface area contributed by atoms with Crippen molar-refractivity contribution in [3.05, 3.63) is 0 Å². The second kappa shape index (κ2) is 85.0. The summed E-state index contributed by atoms with van der Waals surface area (Å²) in [6.45, 7) is 13.5. The number of rotatable bonds is 0. The molecule has 0 aliphatic heterocycles. The Kier molecular flexibility index (Phi) is 113. The molecule has 1 aliphatic carbocycles. The molecule has 290 valence electrons. The molecular weight excluding hydrogens is 580 g/mol. The second-order valence-electron chi connectivity index (χ2n) is 11.1. The highest BCUT2D eigenvalue weighted by molar-refractivity contribution is 4.53. The standard InChI is InChI=1S/C25H50.7C2H6O/c1-2-4-6-8-10-12-14-16-18-20-22-24-25-23-21-19-17-15-13-11-9-7-5-3-1;7*1-2-3/h1-25H2;7*3H,2H2,1H3. The van der Waals surface area contributed by atoms with E-state index in [9.17, 15) is 0 Å². The highest BCUT2D eigenvalue weighted by Gasteiger charge is 1.97. The summed E-state index contributed by atoms with van der Waals surface area (Å²) in [6.07, 6.45) is 37.5. The summed E-state index contributed by atoms with van der Waals surface area (Å²) in [5.41, 5.74) is 0. The monoisotopic (exact) mass is 673 g/mol. The Morgan fingerprint density at radius 3 is 0.217 bits per heavy atom. The predicted octanol–water partition coefficient (Wildman–Crippen LogP) is 9.74. The minimum Gasteiger partial charge on any atom is -0.397 e. The van der Waals surface area contributed by atoms with Gasteiger partial charge in [0.05, 0.1) is 0 Å². The molecule has 0 aromatic carbocycles. The van der Waals surface area contributed by atoms with Crippen molar-refractivity contribution in [2.24, 2.45) is 0 Å². The third-order valence-electron chi connectivity index (χ3n) is 6.25. The third kappa shape index (κ3) is 131. The van der Waals surface area contributed by atoms with E-state index in [4.69, 9.17) is 35.7 Å². The van der Waals surface area contributed by atoms with Crippen LogP contribution in [-0.2, 0) is 0 Å². The number of aliphatic hydroxyl groups is 7. The molecule has 1 rings (SSSR count). The van der Waals surface area contributed by atoms with Crippen molar-refractivity contribution in [2.75, 3.05) is 46.2 Å². The van der Waals surface area contributed by atoms with E-state index >= 15 is 0 Å². The third-order valence-corrected chi connectivity index (χ3v) is 6.25. The van der Waals surface area contributed by atoms with Crippen LogP contribution >= 0.6 is 0 Å². The zero-order valence-electron chi connectivity index (χ0n) is 32.8. The lowest BCUT2D eigenvalue weighted by molar-refractivity contribution is 0.318. The van der Waals surface area contributed by atoms with E-state index < -0.39 is 0 Å². The SMILES string of the molecule is C1CCCCCCCCCCCCCCCCCCCCCCCC1.CCO.CCO.CCO.CCO.CCO.CCO.CCO. The Labute approximate surface area is 290 Å². The van der Waals surface area contributed by atoms with Crippen molar-refractivity contribution in [3.8, 4) is 0 Å². The fourth-order valence-corrected chi connectivity index (χ4v) is 4.42. The highest BCUT2D eigenvalue weighted by atomic mass is 16.3. The maximum absolute atomic E-state index is 7.57. The van der Waals surface area contributed by atoms with Gasteiger partial charge >= 0.3 is 0 Å². The molecule has 0 unspecified atom stereocenters. The van der Waals surface area contributed by atoms with Gasteiger partial charge in [0, 0.05) is 46.2 Å². The van der Waals surface area contributed by atoms with Crippen molar-refractivity contribution >= 4 is 0 Å². The van der Waals surface area contributed by atoms with Gasteiger partial charge in [-0.1, -0.05) is 161 Å². The average molecular weight is 673 g/mol. The van der Waals surface area contributed by atoms with Gasteiger partial charge in [0.1, 0.15) is 0 Å². The van der Waals surface area contributed by atoms with Crippen LogP contribution in [-0.4, -0.2) is 82.0 Å². The van der Waals surface area contributed by atoms with Crippen LogP contribution in [0.4, 0.5) is 0 Å². The lowest BCUT2D eigenvalue weighted by atomic mass is 10.0. The molecule has 0 heterocycles. The molecule has 7 nitrogen and oxygen atoms in total. The molecule has 7 N–H and O–H groups in total.